The highest BCUT2D eigenvalue weighted by Gasteiger charge is 2.19. The summed E-state index contributed by atoms with van der Waals surface area (Å²) in [6.07, 6.45) is 10.0. The van der Waals surface area contributed by atoms with Crippen LogP contribution in [0.2, 0.25) is 5.02 Å². The van der Waals surface area contributed by atoms with Gasteiger partial charge in [-0.15, -0.1) is 0 Å². The quantitative estimate of drug-likeness (QED) is 0.728. The zero-order chi connectivity index (χ0) is 13.8. The fraction of sp³-hybridized carbons (Fsp3) is 0.647. The minimum absolute atomic E-state index is 0.815. The monoisotopic (exact) mass is 293 g/mol. The van der Waals surface area contributed by atoms with Crippen LogP contribution in [-0.2, 0) is 12.8 Å². The van der Waals surface area contributed by atoms with Gasteiger partial charge in [-0.3, -0.25) is 0 Å². The maximum absolute atomic E-state index is 6.18. The van der Waals surface area contributed by atoms with E-state index in [0.29, 0.717) is 0 Å². The third kappa shape index (κ3) is 3.89. The molecule has 0 radical (unpaired) electrons. The maximum atomic E-state index is 6.18. The molecule has 2 aliphatic rings. The van der Waals surface area contributed by atoms with Gasteiger partial charge in [-0.1, -0.05) is 24.4 Å². The first-order valence-electron chi connectivity index (χ1n) is 8.00. The molecule has 0 bridgehead atoms. The molecule has 0 spiro atoms. The van der Waals surface area contributed by atoms with Crippen LogP contribution in [0.3, 0.4) is 0 Å². The van der Waals surface area contributed by atoms with E-state index in [2.05, 4.69) is 17.4 Å². The van der Waals surface area contributed by atoms with Crippen LogP contribution in [0.5, 0.6) is 5.75 Å². The van der Waals surface area contributed by atoms with Gasteiger partial charge in [0.1, 0.15) is 5.75 Å². The van der Waals surface area contributed by atoms with Crippen molar-refractivity contribution in [3.8, 4) is 5.75 Å². The van der Waals surface area contributed by atoms with E-state index in [-0.39, 0.29) is 0 Å². The minimum atomic E-state index is 0.815. The third-order valence-electron chi connectivity index (χ3n) is 4.21. The van der Waals surface area contributed by atoms with Crippen molar-refractivity contribution in [2.24, 2.45) is 0 Å². The van der Waals surface area contributed by atoms with Gasteiger partial charge in [0, 0.05) is 17.5 Å². The molecule has 0 saturated heterocycles. The number of rotatable bonds is 8. The molecular formula is C17H24ClNO. The molecule has 1 saturated carbocycles. The molecule has 0 atom stereocenters. The van der Waals surface area contributed by atoms with Crippen LogP contribution in [0.4, 0.5) is 0 Å². The van der Waals surface area contributed by atoms with Crippen LogP contribution in [0.25, 0.3) is 0 Å². The molecule has 1 heterocycles. The SMILES string of the molecule is Clc1cc(CCCCCCNC2CC2)c2c(c1)CCO2. The van der Waals surface area contributed by atoms with Gasteiger partial charge in [0.15, 0.2) is 0 Å². The van der Waals surface area contributed by atoms with Crippen molar-refractivity contribution in [1.29, 1.82) is 0 Å². The topological polar surface area (TPSA) is 21.3 Å². The second-order valence-electron chi connectivity index (χ2n) is 6.04. The van der Waals surface area contributed by atoms with Gasteiger partial charge in [-0.25, -0.2) is 0 Å². The Morgan fingerprint density at radius 1 is 1.15 bits per heavy atom. The van der Waals surface area contributed by atoms with E-state index in [4.69, 9.17) is 16.3 Å². The summed E-state index contributed by atoms with van der Waals surface area (Å²) in [5.74, 6) is 1.12. The average molecular weight is 294 g/mol. The molecule has 0 unspecified atom stereocenters. The minimum Gasteiger partial charge on any atom is -0.493 e. The van der Waals surface area contributed by atoms with Gasteiger partial charge in [-0.05, 0) is 61.9 Å². The summed E-state index contributed by atoms with van der Waals surface area (Å²) in [5.41, 5.74) is 2.60. The van der Waals surface area contributed by atoms with E-state index in [1.807, 2.05) is 0 Å². The largest absolute Gasteiger partial charge is 0.493 e. The highest BCUT2D eigenvalue weighted by Crippen LogP contribution is 2.33. The Balaban J connectivity index is 1.37. The van der Waals surface area contributed by atoms with Crippen molar-refractivity contribution in [3.05, 3.63) is 28.3 Å². The average Bonchev–Trinajstić information content (AvgIpc) is 3.13. The van der Waals surface area contributed by atoms with Gasteiger partial charge in [0.2, 0.25) is 0 Å². The molecule has 1 aliphatic carbocycles. The van der Waals surface area contributed by atoms with Gasteiger partial charge < -0.3 is 10.1 Å². The molecule has 1 aromatic carbocycles. The van der Waals surface area contributed by atoms with Crippen molar-refractivity contribution < 1.29 is 4.74 Å². The number of halogens is 1. The lowest BCUT2D eigenvalue weighted by Gasteiger charge is -2.09. The molecule has 110 valence electrons. The zero-order valence-corrected chi connectivity index (χ0v) is 12.8. The molecule has 1 fully saturated rings. The van der Waals surface area contributed by atoms with Crippen LogP contribution >= 0.6 is 11.6 Å². The van der Waals surface area contributed by atoms with Crippen LogP contribution in [0.1, 0.15) is 49.7 Å². The van der Waals surface area contributed by atoms with Gasteiger partial charge in [-0.2, -0.15) is 0 Å². The summed E-state index contributed by atoms with van der Waals surface area (Å²) in [6.45, 7) is 2.01. The van der Waals surface area contributed by atoms with Crippen molar-refractivity contribution in [2.75, 3.05) is 13.2 Å². The standard InChI is InChI=1S/C17H24ClNO/c18-15-11-13(17-14(12-15)8-10-20-17)5-3-1-2-4-9-19-16-6-7-16/h11-12,16,19H,1-10H2. The van der Waals surface area contributed by atoms with E-state index < -0.39 is 0 Å². The van der Waals surface area contributed by atoms with Crippen LogP contribution < -0.4 is 10.1 Å². The van der Waals surface area contributed by atoms with E-state index >= 15 is 0 Å². The summed E-state index contributed by atoms with van der Waals surface area (Å²) in [4.78, 5) is 0. The second kappa shape index (κ2) is 6.82. The Labute approximate surface area is 126 Å². The number of unbranched alkanes of at least 4 members (excludes halogenated alkanes) is 3. The lowest BCUT2D eigenvalue weighted by atomic mass is 10.0. The van der Waals surface area contributed by atoms with Crippen LogP contribution in [0.15, 0.2) is 12.1 Å². The molecule has 3 rings (SSSR count). The molecule has 1 aromatic rings. The molecule has 0 aromatic heterocycles. The van der Waals surface area contributed by atoms with Crippen LogP contribution in [0, 0.1) is 0 Å². The summed E-state index contributed by atoms with van der Waals surface area (Å²) in [7, 11) is 0. The molecule has 1 aliphatic heterocycles. The number of ether oxygens (including phenoxy) is 1. The number of fused-ring (bicyclic) bond motifs is 1. The number of nitrogens with one attached hydrogen (secondary N) is 1. The van der Waals surface area contributed by atoms with Crippen LogP contribution in [-0.4, -0.2) is 19.2 Å². The predicted octanol–water partition coefficient (Wildman–Crippen LogP) is 4.13. The maximum Gasteiger partial charge on any atom is 0.125 e. The number of aryl methyl sites for hydroxylation is 1. The Hall–Kier alpha value is -0.730. The first-order chi connectivity index (χ1) is 9.83. The lowest BCUT2D eigenvalue weighted by molar-refractivity contribution is 0.353. The first kappa shape index (κ1) is 14.2. The normalized spacial score (nSPS) is 17.1. The molecule has 0 amide bonds. The summed E-state index contributed by atoms with van der Waals surface area (Å²) < 4.78 is 5.74. The van der Waals surface area contributed by atoms with E-state index in [0.717, 1.165) is 36.3 Å². The van der Waals surface area contributed by atoms with Crippen molar-refractivity contribution >= 4 is 11.6 Å². The van der Waals surface area contributed by atoms with Gasteiger partial charge in [0.05, 0.1) is 6.61 Å². The van der Waals surface area contributed by atoms with Gasteiger partial charge >= 0.3 is 0 Å². The number of hydrogen-bond donors (Lipinski definition) is 1. The van der Waals surface area contributed by atoms with Crippen molar-refractivity contribution in [3.63, 3.8) is 0 Å². The zero-order valence-electron chi connectivity index (χ0n) is 12.1. The number of hydrogen-bond acceptors (Lipinski definition) is 2. The lowest BCUT2D eigenvalue weighted by Crippen LogP contribution is -2.17. The summed E-state index contributed by atoms with van der Waals surface area (Å²) >= 11 is 6.18. The summed E-state index contributed by atoms with van der Waals surface area (Å²) in [6, 6.07) is 4.98. The van der Waals surface area contributed by atoms with Gasteiger partial charge in [0.25, 0.3) is 0 Å². The van der Waals surface area contributed by atoms with Crippen molar-refractivity contribution in [2.45, 2.75) is 57.4 Å². The predicted molar refractivity (Wildman–Crippen MR) is 83.8 cm³/mol. The molecular weight excluding hydrogens is 270 g/mol. The Morgan fingerprint density at radius 3 is 2.85 bits per heavy atom. The Bertz CT molecular complexity index is 457. The molecule has 3 heteroatoms. The molecule has 2 nitrogen and oxygen atoms in total. The second-order valence-corrected chi connectivity index (χ2v) is 6.48. The highest BCUT2D eigenvalue weighted by atomic mass is 35.5. The first-order valence-corrected chi connectivity index (χ1v) is 8.38. The summed E-state index contributed by atoms with van der Waals surface area (Å²) in [5, 5.41) is 4.43. The fourth-order valence-electron chi connectivity index (χ4n) is 2.92. The van der Waals surface area contributed by atoms with E-state index in [9.17, 15) is 0 Å². The highest BCUT2D eigenvalue weighted by molar-refractivity contribution is 6.30. The smallest absolute Gasteiger partial charge is 0.125 e. The van der Waals surface area contributed by atoms with E-state index in [1.54, 1.807) is 0 Å². The Kier molecular flexibility index (Phi) is 4.85. The van der Waals surface area contributed by atoms with E-state index in [1.165, 1.54) is 56.2 Å². The number of benzene rings is 1. The molecule has 1 N–H and O–H groups in total. The molecule has 20 heavy (non-hydrogen) atoms. The fourth-order valence-corrected chi connectivity index (χ4v) is 3.18. The Morgan fingerprint density at radius 2 is 2.00 bits per heavy atom. The third-order valence-corrected chi connectivity index (χ3v) is 4.43. The van der Waals surface area contributed by atoms with Crippen molar-refractivity contribution in [1.82, 2.24) is 5.32 Å².